The zero-order valence-corrected chi connectivity index (χ0v) is 17.6. The minimum atomic E-state index is -0.500. The van der Waals surface area contributed by atoms with Crippen LogP contribution in [0.5, 0.6) is 11.5 Å². The van der Waals surface area contributed by atoms with Gasteiger partial charge in [-0.2, -0.15) is 0 Å². The molecule has 2 heterocycles. The number of furan rings is 1. The van der Waals surface area contributed by atoms with Crippen molar-refractivity contribution in [3.05, 3.63) is 24.0 Å². The molecule has 1 saturated heterocycles. The molecule has 8 nitrogen and oxygen atoms in total. The zero-order chi connectivity index (χ0) is 21.0. The van der Waals surface area contributed by atoms with Crippen LogP contribution in [0.2, 0.25) is 0 Å². The summed E-state index contributed by atoms with van der Waals surface area (Å²) in [5.74, 6) is 0.818. The maximum Gasteiger partial charge on any atom is 0.410 e. The van der Waals surface area contributed by atoms with Gasteiger partial charge in [0.25, 0.3) is 0 Å². The maximum absolute atomic E-state index is 12.3. The Morgan fingerprint density at radius 2 is 1.90 bits per heavy atom. The molecule has 1 aliphatic heterocycles. The molecule has 0 unspecified atom stereocenters. The average Bonchev–Trinajstić information content (AvgIpc) is 3.04. The number of carbonyl (C=O) groups excluding carboxylic acids is 1. The largest absolute Gasteiger partial charge is 0.504 e. The van der Waals surface area contributed by atoms with Gasteiger partial charge >= 0.3 is 6.09 Å². The van der Waals surface area contributed by atoms with E-state index in [1.165, 1.54) is 6.26 Å². The van der Waals surface area contributed by atoms with Gasteiger partial charge in [0.2, 0.25) is 0 Å². The molecule has 0 aliphatic carbocycles. The highest BCUT2D eigenvalue weighted by molar-refractivity contribution is 5.88. The number of ether oxygens (including phenoxy) is 3. The first kappa shape index (κ1) is 21.3. The maximum atomic E-state index is 12.3. The van der Waals surface area contributed by atoms with Crippen LogP contribution >= 0.6 is 0 Å². The van der Waals surface area contributed by atoms with Gasteiger partial charge in [-0.1, -0.05) is 0 Å². The topological polar surface area (TPSA) is 84.6 Å². The molecule has 8 heteroatoms. The fourth-order valence-corrected chi connectivity index (χ4v) is 3.28. The van der Waals surface area contributed by atoms with Crippen LogP contribution < -0.4 is 4.74 Å². The number of aromatic hydroxyl groups is 1. The predicted octanol–water partition coefficient (Wildman–Crippen LogP) is 3.22. The first-order chi connectivity index (χ1) is 13.8. The lowest BCUT2D eigenvalue weighted by atomic mass is 10.1. The fourth-order valence-electron chi connectivity index (χ4n) is 3.28. The average molecular weight is 406 g/mol. The second kappa shape index (κ2) is 8.92. The van der Waals surface area contributed by atoms with Crippen molar-refractivity contribution in [3.8, 4) is 11.5 Å². The number of amides is 1. The van der Waals surface area contributed by atoms with E-state index in [0.717, 1.165) is 5.56 Å². The van der Waals surface area contributed by atoms with Gasteiger partial charge in [0.1, 0.15) is 29.8 Å². The van der Waals surface area contributed by atoms with Crippen molar-refractivity contribution in [2.24, 2.45) is 0 Å². The van der Waals surface area contributed by atoms with E-state index < -0.39 is 5.60 Å². The van der Waals surface area contributed by atoms with Crippen LogP contribution in [0.3, 0.4) is 0 Å². The number of hydrogen-bond acceptors (Lipinski definition) is 7. The van der Waals surface area contributed by atoms with Gasteiger partial charge < -0.3 is 28.6 Å². The Kier molecular flexibility index (Phi) is 6.54. The predicted molar refractivity (Wildman–Crippen MR) is 108 cm³/mol. The normalized spacial score (nSPS) is 15.7. The third-order valence-corrected chi connectivity index (χ3v) is 4.73. The second-order valence-electron chi connectivity index (χ2n) is 8.12. The number of carbonyl (C=O) groups is 1. The number of fused-ring (bicyclic) bond motifs is 1. The Balaban J connectivity index is 1.69. The Morgan fingerprint density at radius 3 is 2.55 bits per heavy atom. The lowest BCUT2D eigenvalue weighted by molar-refractivity contribution is 0.0138. The highest BCUT2D eigenvalue weighted by Crippen LogP contribution is 2.35. The highest BCUT2D eigenvalue weighted by Gasteiger charge is 2.27. The molecule has 1 fully saturated rings. The van der Waals surface area contributed by atoms with Crippen molar-refractivity contribution in [2.45, 2.75) is 32.9 Å². The van der Waals surface area contributed by atoms with E-state index in [1.807, 2.05) is 26.8 Å². The van der Waals surface area contributed by atoms with Crippen LogP contribution in [0.15, 0.2) is 22.8 Å². The molecule has 1 aromatic heterocycles. The van der Waals surface area contributed by atoms with E-state index >= 15 is 0 Å². The Hall–Kier alpha value is -2.45. The summed E-state index contributed by atoms with van der Waals surface area (Å²) < 4.78 is 22.0. The first-order valence-electron chi connectivity index (χ1n) is 9.82. The van der Waals surface area contributed by atoms with E-state index in [4.69, 9.17) is 18.6 Å². The third-order valence-electron chi connectivity index (χ3n) is 4.73. The van der Waals surface area contributed by atoms with Gasteiger partial charge in [0.05, 0.1) is 17.6 Å². The summed E-state index contributed by atoms with van der Waals surface area (Å²) in [5, 5.41) is 10.7. The molecule has 3 rings (SSSR count). The quantitative estimate of drug-likeness (QED) is 0.737. The molecule has 160 valence electrons. The summed E-state index contributed by atoms with van der Waals surface area (Å²) >= 11 is 0. The third kappa shape index (κ3) is 5.33. The number of methoxy groups -OCH3 is 1. The molecular weight excluding hydrogens is 376 g/mol. The molecule has 2 aromatic rings. The zero-order valence-electron chi connectivity index (χ0n) is 17.6. The lowest BCUT2D eigenvalue weighted by Crippen LogP contribution is -2.49. The van der Waals surface area contributed by atoms with Gasteiger partial charge in [-0.3, -0.25) is 4.90 Å². The summed E-state index contributed by atoms with van der Waals surface area (Å²) in [6.07, 6.45) is 1.06. The number of piperazine rings is 1. The highest BCUT2D eigenvalue weighted by atomic mass is 16.6. The van der Waals surface area contributed by atoms with Crippen molar-refractivity contribution < 1.29 is 28.5 Å². The minimum Gasteiger partial charge on any atom is -0.504 e. The van der Waals surface area contributed by atoms with Gasteiger partial charge in [0.15, 0.2) is 5.75 Å². The molecule has 0 radical (unpaired) electrons. The summed E-state index contributed by atoms with van der Waals surface area (Å²) in [7, 11) is 1.63. The SMILES string of the molecule is COCCOc1ccc2c(O)coc2c1CN1CCN(C(=O)OC(C)(C)C)CC1. The van der Waals surface area contributed by atoms with Crippen molar-refractivity contribution in [1.82, 2.24) is 9.80 Å². The summed E-state index contributed by atoms with van der Waals surface area (Å²) in [6.45, 7) is 9.70. The van der Waals surface area contributed by atoms with Crippen LogP contribution in [0.1, 0.15) is 26.3 Å². The van der Waals surface area contributed by atoms with Crippen molar-refractivity contribution in [2.75, 3.05) is 46.5 Å². The molecule has 29 heavy (non-hydrogen) atoms. The number of rotatable bonds is 6. The Bertz CT molecular complexity index is 834. The van der Waals surface area contributed by atoms with Crippen molar-refractivity contribution >= 4 is 17.1 Å². The van der Waals surface area contributed by atoms with Gasteiger partial charge in [-0.05, 0) is 32.9 Å². The molecular formula is C21H30N2O6. The molecule has 0 saturated carbocycles. The standard InChI is InChI=1S/C21H30N2O6/c1-21(2,3)29-20(25)23-9-7-22(8-10-23)13-16-18(27-12-11-26-4)6-5-15-17(24)14-28-19(15)16/h5-6,14,24H,7-13H2,1-4H3. The molecule has 0 atom stereocenters. The van der Waals surface area contributed by atoms with Crippen LogP contribution in [0.4, 0.5) is 4.79 Å². The van der Waals surface area contributed by atoms with Crippen LogP contribution in [0.25, 0.3) is 11.0 Å². The minimum absolute atomic E-state index is 0.111. The van der Waals surface area contributed by atoms with E-state index in [1.54, 1.807) is 18.1 Å². The number of benzene rings is 1. The molecule has 1 aliphatic rings. The fraction of sp³-hybridized carbons (Fsp3) is 0.571. The monoisotopic (exact) mass is 406 g/mol. The van der Waals surface area contributed by atoms with E-state index in [0.29, 0.717) is 62.7 Å². The van der Waals surface area contributed by atoms with Gasteiger partial charge in [0, 0.05) is 39.8 Å². The van der Waals surface area contributed by atoms with Crippen molar-refractivity contribution in [3.63, 3.8) is 0 Å². The molecule has 1 amide bonds. The molecule has 0 bridgehead atoms. The first-order valence-corrected chi connectivity index (χ1v) is 9.82. The Morgan fingerprint density at radius 1 is 1.17 bits per heavy atom. The Labute approximate surface area is 170 Å². The van der Waals surface area contributed by atoms with Crippen molar-refractivity contribution in [1.29, 1.82) is 0 Å². The smallest absolute Gasteiger partial charge is 0.410 e. The van der Waals surface area contributed by atoms with Crippen LogP contribution in [0, 0.1) is 0 Å². The summed E-state index contributed by atoms with van der Waals surface area (Å²) in [4.78, 5) is 16.2. The van der Waals surface area contributed by atoms with Gasteiger partial charge in [-0.15, -0.1) is 0 Å². The number of hydrogen-bond donors (Lipinski definition) is 1. The summed E-state index contributed by atoms with van der Waals surface area (Å²) in [6, 6.07) is 3.64. The lowest BCUT2D eigenvalue weighted by Gasteiger charge is -2.35. The van der Waals surface area contributed by atoms with E-state index in [9.17, 15) is 9.90 Å². The second-order valence-corrected chi connectivity index (χ2v) is 8.12. The molecule has 1 N–H and O–H groups in total. The van der Waals surface area contributed by atoms with Crippen LogP contribution in [-0.2, 0) is 16.0 Å². The number of nitrogens with zero attached hydrogens (tertiary/aromatic N) is 2. The van der Waals surface area contributed by atoms with Gasteiger partial charge in [-0.25, -0.2) is 4.79 Å². The van der Waals surface area contributed by atoms with Crippen LogP contribution in [-0.4, -0.2) is 73.1 Å². The molecule has 1 aromatic carbocycles. The summed E-state index contributed by atoms with van der Waals surface area (Å²) in [5.41, 5.74) is 0.996. The van der Waals surface area contributed by atoms with E-state index in [2.05, 4.69) is 4.90 Å². The van der Waals surface area contributed by atoms with E-state index in [-0.39, 0.29) is 11.8 Å². The molecule has 0 spiro atoms.